The lowest BCUT2D eigenvalue weighted by atomic mass is 10.2. The van der Waals surface area contributed by atoms with Crippen LogP contribution in [0.4, 0.5) is 15.8 Å². The molecule has 0 aromatic heterocycles. The van der Waals surface area contributed by atoms with Crippen molar-refractivity contribution in [2.45, 2.75) is 4.90 Å². The zero-order valence-corrected chi connectivity index (χ0v) is 16.9. The fraction of sp³-hybridized carbons (Fsp3) is 0.381. The van der Waals surface area contributed by atoms with Crippen molar-refractivity contribution in [2.24, 2.45) is 0 Å². The second-order valence-electron chi connectivity index (χ2n) is 6.88. The average Bonchev–Trinajstić information content (AvgIpc) is 2.70. The maximum absolute atomic E-state index is 12.9. The van der Waals surface area contributed by atoms with E-state index in [2.05, 4.69) is 10.2 Å². The van der Waals surface area contributed by atoms with Crippen molar-refractivity contribution >= 4 is 29.0 Å². The molecule has 0 aliphatic carbocycles. The number of benzene rings is 2. The maximum Gasteiger partial charge on any atom is 0.279 e. The quantitative estimate of drug-likeness (QED) is 0.660. The summed E-state index contributed by atoms with van der Waals surface area (Å²) >= 11 is 1.67. The molecule has 1 saturated heterocycles. The Hall–Kier alpha value is -2.09. The normalized spacial score (nSPS) is 15.3. The van der Waals surface area contributed by atoms with Crippen molar-refractivity contribution in [1.29, 1.82) is 0 Å². The van der Waals surface area contributed by atoms with Gasteiger partial charge in [-0.1, -0.05) is 0 Å². The van der Waals surface area contributed by atoms with E-state index >= 15 is 0 Å². The molecule has 0 radical (unpaired) electrons. The van der Waals surface area contributed by atoms with Gasteiger partial charge >= 0.3 is 0 Å². The van der Waals surface area contributed by atoms with Crippen LogP contribution in [0.2, 0.25) is 0 Å². The molecule has 0 spiro atoms. The van der Waals surface area contributed by atoms with Crippen molar-refractivity contribution in [3.63, 3.8) is 0 Å². The summed E-state index contributed by atoms with van der Waals surface area (Å²) in [5, 5.41) is 2.97. The molecule has 0 saturated carbocycles. The molecule has 2 aromatic carbocycles. The maximum atomic E-state index is 12.9. The molecule has 5 nitrogen and oxygen atoms in total. The van der Waals surface area contributed by atoms with Crippen LogP contribution in [0, 0.1) is 5.82 Å². The first kappa shape index (κ1) is 20.6. The van der Waals surface area contributed by atoms with Gasteiger partial charge in [0, 0.05) is 35.1 Å². The third-order valence-corrected chi connectivity index (χ3v) is 5.61. The van der Waals surface area contributed by atoms with E-state index in [1.165, 1.54) is 12.1 Å². The van der Waals surface area contributed by atoms with Crippen molar-refractivity contribution in [3.05, 3.63) is 54.3 Å². The molecule has 1 atom stereocenters. The molecule has 2 aromatic rings. The summed E-state index contributed by atoms with van der Waals surface area (Å²) in [5.74, 6) is 0.657. The minimum absolute atomic E-state index is 0.00315. The Morgan fingerprint density at radius 3 is 2.50 bits per heavy atom. The van der Waals surface area contributed by atoms with Gasteiger partial charge in [-0.05, 0) is 48.5 Å². The van der Waals surface area contributed by atoms with E-state index in [4.69, 9.17) is 4.74 Å². The molecule has 150 valence electrons. The summed E-state index contributed by atoms with van der Waals surface area (Å²) in [7, 11) is 2.01. The predicted molar refractivity (Wildman–Crippen MR) is 112 cm³/mol. The van der Waals surface area contributed by atoms with Gasteiger partial charge in [-0.15, -0.1) is 11.8 Å². The first-order chi connectivity index (χ1) is 13.6. The summed E-state index contributed by atoms with van der Waals surface area (Å²) in [6.07, 6.45) is 0. The number of halogens is 1. The van der Waals surface area contributed by atoms with Gasteiger partial charge in [-0.25, -0.2) is 4.39 Å². The minimum atomic E-state index is -0.221. The van der Waals surface area contributed by atoms with Gasteiger partial charge in [0.25, 0.3) is 5.91 Å². The first-order valence-electron chi connectivity index (χ1n) is 9.52. The van der Waals surface area contributed by atoms with Crippen LogP contribution in [0.1, 0.15) is 0 Å². The average molecular weight is 405 g/mol. The zero-order valence-electron chi connectivity index (χ0n) is 16.1. The molecule has 0 bridgehead atoms. The number of rotatable bonds is 8. The van der Waals surface area contributed by atoms with Crippen LogP contribution in [0.3, 0.4) is 0 Å². The standard InChI is InChI=1S/C21H26FN3O2S/c1-24(12-15-28-20-8-2-17(22)3-9-20)16-21(26)23-18-4-6-19(7-5-18)25-10-13-27-14-11-25/h2-9H,10-16H2,1H3,(H,23,26)/p+1. The molecule has 1 unspecified atom stereocenters. The van der Waals surface area contributed by atoms with E-state index in [0.29, 0.717) is 6.54 Å². The Morgan fingerprint density at radius 2 is 1.82 bits per heavy atom. The first-order valence-corrected chi connectivity index (χ1v) is 10.5. The summed E-state index contributed by atoms with van der Waals surface area (Å²) in [6.45, 7) is 4.58. The fourth-order valence-corrected chi connectivity index (χ4v) is 4.03. The molecule has 1 amide bonds. The van der Waals surface area contributed by atoms with E-state index in [-0.39, 0.29) is 11.7 Å². The van der Waals surface area contributed by atoms with Crippen molar-refractivity contribution in [3.8, 4) is 0 Å². The zero-order chi connectivity index (χ0) is 19.8. The van der Waals surface area contributed by atoms with Crippen LogP contribution in [0.25, 0.3) is 0 Å². The number of nitrogens with one attached hydrogen (secondary N) is 2. The van der Waals surface area contributed by atoms with Crippen LogP contribution in [-0.4, -0.2) is 58.1 Å². The highest BCUT2D eigenvalue weighted by Crippen LogP contribution is 2.19. The summed E-state index contributed by atoms with van der Waals surface area (Å²) in [6, 6.07) is 14.5. The smallest absolute Gasteiger partial charge is 0.279 e. The Balaban J connectivity index is 1.38. The molecule has 1 aliphatic rings. The predicted octanol–water partition coefficient (Wildman–Crippen LogP) is 1.91. The number of quaternary nitrogens is 1. The fourth-order valence-electron chi connectivity index (χ4n) is 3.02. The van der Waals surface area contributed by atoms with E-state index in [0.717, 1.165) is 59.8 Å². The molecule has 28 heavy (non-hydrogen) atoms. The van der Waals surface area contributed by atoms with Crippen LogP contribution < -0.4 is 15.1 Å². The monoisotopic (exact) mass is 404 g/mol. The molecule has 1 heterocycles. The number of hydrogen-bond donors (Lipinski definition) is 2. The van der Waals surface area contributed by atoms with E-state index in [1.807, 2.05) is 31.3 Å². The number of likely N-dealkylation sites (N-methyl/N-ethyl adjacent to an activating group) is 1. The third-order valence-electron chi connectivity index (χ3n) is 4.60. The minimum Gasteiger partial charge on any atom is -0.378 e. The van der Waals surface area contributed by atoms with Gasteiger partial charge < -0.3 is 19.9 Å². The van der Waals surface area contributed by atoms with Gasteiger partial charge in [0.05, 0.1) is 26.8 Å². The molecule has 3 rings (SSSR count). The van der Waals surface area contributed by atoms with Crippen molar-refractivity contribution < 1.29 is 18.8 Å². The highest BCUT2D eigenvalue weighted by atomic mass is 32.2. The Bertz CT molecular complexity index is 749. The van der Waals surface area contributed by atoms with E-state index in [1.54, 1.807) is 23.9 Å². The Labute approximate surface area is 169 Å². The van der Waals surface area contributed by atoms with Gasteiger partial charge in [0.2, 0.25) is 0 Å². The molecule has 7 heteroatoms. The largest absolute Gasteiger partial charge is 0.378 e. The lowest BCUT2D eigenvalue weighted by Crippen LogP contribution is -3.10. The lowest BCUT2D eigenvalue weighted by Gasteiger charge is -2.28. The molecular weight excluding hydrogens is 377 g/mol. The number of carbonyl (C=O) groups excluding carboxylic acids is 1. The number of ether oxygens (including phenoxy) is 1. The van der Waals surface area contributed by atoms with E-state index < -0.39 is 0 Å². The van der Waals surface area contributed by atoms with Crippen LogP contribution >= 0.6 is 11.8 Å². The van der Waals surface area contributed by atoms with Gasteiger partial charge in [0.15, 0.2) is 6.54 Å². The highest BCUT2D eigenvalue weighted by Gasteiger charge is 2.13. The van der Waals surface area contributed by atoms with Gasteiger partial charge in [-0.3, -0.25) is 4.79 Å². The van der Waals surface area contributed by atoms with Crippen LogP contribution in [0.15, 0.2) is 53.4 Å². The third kappa shape index (κ3) is 6.51. The number of anilines is 2. The summed E-state index contributed by atoms with van der Waals surface area (Å²) in [5.41, 5.74) is 1.97. The van der Waals surface area contributed by atoms with Gasteiger partial charge in [0.1, 0.15) is 5.82 Å². The van der Waals surface area contributed by atoms with Crippen molar-refractivity contribution in [2.75, 3.05) is 62.4 Å². The second kappa shape index (κ2) is 10.5. The number of hydrogen-bond acceptors (Lipinski definition) is 4. The lowest BCUT2D eigenvalue weighted by molar-refractivity contribution is -0.868. The molecule has 2 N–H and O–H groups in total. The molecule has 1 fully saturated rings. The van der Waals surface area contributed by atoms with Gasteiger partial charge in [-0.2, -0.15) is 0 Å². The topological polar surface area (TPSA) is 46.0 Å². The number of amides is 1. The van der Waals surface area contributed by atoms with Crippen LogP contribution in [0.5, 0.6) is 0 Å². The Kier molecular flexibility index (Phi) is 7.71. The Morgan fingerprint density at radius 1 is 1.14 bits per heavy atom. The summed E-state index contributed by atoms with van der Waals surface area (Å²) < 4.78 is 18.3. The van der Waals surface area contributed by atoms with Crippen LogP contribution in [-0.2, 0) is 9.53 Å². The SMILES string of the molecule is C[NH+](CCSc1ccc(F)cc1)CC(=O)Nc1ccc(N2CCOCC2)cc1. The van der Waals surface area contributed by atoms with E-state index in [9.17, 15) is 9.18 Å². The number of thioether (sulfide) groups is 1. The number of morpholine rings is 1. The molecular formula is C21H27FN3O2S+. The van der Waals surface area contributed by atoms with Crippen molar-refractivity contribution in [1.82, 2.24) is 0 Å². The number of carbonyl (C=O) groups is 1. The molecule has 1 aliphatic heterocycles. The second-order valence-corrected chi connectivity index (χ2v) is 8.05. The summed E-state index contributed by atoms with van der Waals surface area (Å²) in [4.78, 5) is 16.7. The number of nitrogens with zero attached hydrogens (tertiary/aromatic N) is 1. The highest BCUT2D eigenvalue weighted by molar-refractivity contribution is 7.99.